The molecule has 0 aliphatic carbocycles. The summed E-state index contributed by atoms with van der Waals surface area (Å²) in [6.45, 7) is 5.88. The summed E-state index contributed by atoms with van der Waals surface area (Å²) in [5.41, 5.74) is 4.56. The summed E-state index contributed by atoms with van der Waals surface area (Å²) in [6.07, 6.45) is 18.8. The van der Waals surface area contributed by atoms with Crippen LogP contribution in [-0.4, -0.2) is 24.8 Å². The lowest BCUT2D eigenvalue weighted by molar-refractivity contribution is 0.103. The van der Waals surface area contributed by atoms with Crippen LogP contribution < -0.4 is 9.47 Å². The minimum absolute atomic E-state index is 0.0106. The molecular formula is C44H52O4. The molecule has 0 N–H and O–H groups in total. The predicted octanol–water partition coefficient (Wildman–Crippen LogP) is 11.8. The lowest BCUT2D eigenvalue weighted by Crippen LogP contribution is -2.02. The van der Waals surface area contributed by atoms with Gasteiger partial charge in [0.1, 0.15) is 11.5 Å². The molecule has 4 aromatic carbocycles. The molecule has 4 aromatic rings. The van der Waals surface area contributed by atoms with Crippen molar-refractivity contribution in [1.29, 1.82) is 0 Å². The van der Waals surface area contributed by atoms with Crippen LogP contribution in [0.4, 0.5) is 0 Å². The third-order valence-electron chi connectivity index (χ3n) is 8.58. The highest BCUT2D eigenvalue weighted by molar-refractivity contribution is 6.09. The maximum absolute atomic E-state index is 13.0. The average Bonchev–Trinajstić information content (AvgIpc) is 3.13. The number of carbonyl (C=O) groups is 2. The fraction of sp³-hybridized carbons (Fsp3) is 0.364. The molecule has 4 rings (SSSR count). The van der Waals surface area contributed by atoms with Gasteiger partial charge in [-0.25, -0.2) is 0 Å². The fourth-order valence-corrected chi connectivity index (χ4v) is 5.57. The van der Waals surface area contributed by atoms with E-state index in [4.69, 9.17) is 9.47 Å². The second-order valence-corrected chi connectivity index (χ2v) is 12.5. The van der Waals surface area contributed by atoms with Crippen molar-refractivity contribution in [1.82, 2.24) is 0 Å². The van der Waals surface area contributed by atoms with Crippen LogP contribution in [0.3, 0.4) is 0 Å². The molecule has 0 spiro atoms. The molecule has 252 valence electrons. The lowest BCUT2D eigenvalue weighted by atomic mass is 10.0. The van der Waals surface area contributed by atoms with Crippen molar-refractivity contribution < 1.29 is 19.1 Å². The SMILES string of the molecule is CCCCCCCCOc1ccc(C(=O)c2ccc(C=Cc3ccc(C(=O)c4ccc(OCCCCCCCC)cc4)cc3)cc2)cc1. The molecule has 0 heterocycles. The van der Waals surface area contributed by atoms with Crippen molar-refractivity contribution in [2.45, 2.75) is 90.9 Å². The van der Waals surface area contributed by atoms with Gasteiger partial charge in [0.2, 0.25) is 0 Å². The van der Waals surface area contributed by atoms with E-state index >= 15 is 0 Å². The Morgan fingerprint density at radius 2 is 0.708 bits per heavy atom. The van der Waals surface area contributed by atoms with E-state index in [9.17, 15) is 9.59 Å². The second kappa shape index (κ2) is 20.7. The maximum atomic E-state index is 13.0. The van der Waals surface area contributed by atoms with Crippen molar-refractivity contribution in [3.8, 4) is 11.5 Å². The lowest BCUT2D eigenvalue weighted by Gasteiger charge is -2.07. The topological polar surface area (TPSA) is 52.6 Å². The Morgan fingerprint density at radius 3 is 1.04 bits per heavy atom. The van der Waals surface area contributed by atoms with Crippen molar-refractivity contribution >= 4 is 23.7 Å². The van der Waals surface area contributed by atoms with E-state index in [-0.39, 0.29) is 11.6 Å². The first-order valence-electron chi connectivity index (χ1n) is 18.0. The number of hydrogen-bond acceptors (Lipinski definition) is 4. The molecule has 4 heteroatoms. The van der Waals surface area contributed by atoms with Crippen LogP contribution in [0.15, 0.2) is 97.1 Å². The molecule has 0 unspecified atom stereocenters. The van der Waals surface area contributed by atoms with Gasteiger partial charge in [-0.1, -0.05) is 139 Å². The van der Waals surface area contributed by atoms with E-state index in [2.05, 4.69) is 13.8 Å². The first kappa shape index (κ1) is 36.4. The molecule has 0 aliphatic heterocycles. The van der Waals surface area contributed by atoms with Crippen molar-refractivity contribution in [2.24, 2.45) is 0 Å². The Bertz CT molecular complexity index is 1410. The van der Waals surface area contributed by atoms with Gasteiger partial charge in [0.25, 0.3) is 0 Å². The van der Waals surface area contributed by atoms with Gasteiger partial charge in [-0.2, -0.15) is 0 Å². The minimum Gasteiger partial charge on any atom is -0.494 e. The standard InChI is InChI=1S/C44H52O4/c1-3-5-7-9-11-13-33-47-41-29-25-39(26-30-41)43(45)37-21-17-35(18-22-37)15-16-36-19-23-38(24-20-36)44(46)40-27-31-42(32-28-40)48-34-14-12-10-8-6-4-2/h15-32H,3-14,33-34H2,1-2H3. The monoisotopic (exact) mass is 644 g/mol. The van der Waals surface area contributed by atoms with Crippen LogP contribution in [0.1, 0.15) is 134 Å². The number of unbranched alkanes of at least 4 members (excludes halogenated alkanes) is 10. The minimum atomic E-state index is -0.0106. The van der Waals surface area contributed by atoms with Gasteiger partial charge < -0.3 is 9.47 Å². The van der Waals surface area contributed by atoms with Crippen LogP contribution in [0, 0.1) is 0 Å². The normalized spacial score (nSPS) is 11.1. The second-order valence-electron chi connectivity index (χ2n) is 12.5. The highest BCUT2D eigenvalue weighted by Crippen LogP contribution is 2.20. The molecule has 0 aliphatic rings. The molecule has 0 saturated carbocycles. The van der Waals surface area contributed by atoms with Crippen molar-refractivity contribution in [3.05, 3.63) is 130 Å². The van der Waals surface area contributed by atoms with E-state index in [0.29, 0.717) is 35.5 Å². The van der Waals surface area contributed by atoms with Gasteiger partial charge in [0.05, 0.1) is 13.2 Å². The quantitative estimate of drug-likeness (QED) is 0.0485. The summed E-state index contributed by atoms with van der Waals surface area (Å²) in [5, 5.41) is 0. The van der Waals surface area contributed by atoms with Crippen molar-refractivity contribution in [2.75, 3.05) is 13.2 Å². The van der Waals surface area contributed by atoms with Crippen LogP contribution >= 0.6 is 0 Å². The molecule has 0 atom stereocenters. The molecule has 0 saturated heterocycles. The van der Waals surface area contributed by atoms with Gasteiger partial charge in [0, 0.05) is 22.3 Å². The summed E-state index contributed by atoms with van der Waals surface area (Å²) < 4.78 is 11.7. The Hall–Kier alpha value is -4.44. The van der Waals surface area contributed by atoms with Gasteiger partial charge in [-0.3, -0.25) is 9.59 Å². The number of ketones is 2. The smallest absolute Gasteiger partial charge is 0.193 e. The molecule has 0 bridgehead atoms. The summed E-state index contributed by atoms with van der Waals surface area (Å²) in [6, 6.07) is 30.1. The number of benzene rings is 4. The van der Waals surface area contributed by atoms with E-state index < -0.39 is 0 Å². The zero-order valence-corrected chi connectivity index (χ0v) is 28.9. The number of carbonyl (C=O) groups excluding carboxylic acids is 2. The van der Waals surface area contributed by atoms with Gasteiger partial charge in [-0.05, 0) is 72.5 Å². The summed E-state index contributed by atoms with van der Waals surface area (Å²) >= 11 is 0. The Labute approximate surface area is 288 Å². The van der Waals surface area contributed by atoms with Crippen molar-refractivity contribution in [3.63, 3.8) is 0 Å². The summed E-state index contributed by atoms with van der Waals surface area (Å²) in [4.78, 5) is 26.1. The summed E-state index contributed by atoms with van der Waals surface area (Å²) in [5.74, 6) is 1.58. The van der Waals surface area contributed by atoms with Crippen LogP contribution in [0.5, 0.6) is 11.5 Å². The van der Waals surface area contributed by atoms with Gasteiger partial charge in [-0.15, -0.1) is 0 Å². The fourth-order valence-electron chi connectivity index (χ4n) is 5.57. The molecule has 0 radical (unpaired) electrons. The first-order chi connectivity index (χ1) is 23.6. The average molecular weight is 645 g/mol. The maximum Gasteiger partial charge on any atom is 0.193 e. The Kier molecular flexibility index (Phi) is 15.7. The first-order valence-corrected chi connectivity index (χ1v) is 18.0. The molecular weight excluding hydrogens is 592 g/mol. The third-order valence-corrected chi connectivity index (χ3v) is 8.58. The predicted molar refractivity (Wildman–Crippen MR) is 199 cm³/mol. The van der Waals surface area contributed by atoms with Gasteiger partial charge in [0.15, 0.2) is 11.6 Å². The zero-order chi connectivity index (χ0) is 33.8. The Morgan fingerprint density at radius 1 is 0.417 bits per heavy atom. The van der Waals surface area contributed by atoms with Gasteiger partial charge >= 0.3 is 0 Å². The third kappa shape index (κ3) is 12.3. The highest BCUT2D eigenvalue weighted by atomic mass is 16.5. The Balaban J connectivity index is 1.21. The highest BCUT2D eigenvalue weighted by Gasteiger charge is 2.10. The van der Waals surface area contributed by atoms with Crippen LogP contribution in [0.2, 0.25) is 0 Å². The van der Waals surface area contributed by atoms with E-state index in [1.54, 1.807) is 0 Å². The van der Waals surface area contributed by atoms with E-state index in [1.165, 1.54) is 64.2 Å². The number of hydrogen-bond donors (Lipinski definition) is 0. The molecule has 0 fully saturated rings. The molecule has 48 heavy (non-hydrogen) atoms. The van der Waals surface area contributed by atoms with Crippen LogP contribution in [-0.2, 0) is 0 Å². The zero-order valence-electron chi connectivity index (χ0n) is 28.9. The molecule has 4 nitrogen and oxygen atoms in total. The number of rotatable bonds is 22. The largest absolute Gasteiger partial charge is 0.494 e. The summed E-state index contributed by atoms with van der Waals surface area (Å²) in [7, 11) is 0. The van der Waals surface area contributed by atoms with Crippen LogP contribution in [0.25, 0.3) is 12.2 Å². The van der Waals surface area contributed by atoms with E-state index in [1.807, 2.05) is 109 Å². The molecule has 0 amide bonds. The number of ether oxygens (including phenoxy) is 2. The van der Waals surface area contributed by atoms with E-state index in [0.717, 1.165) is 35.5 Å². The molecule has 0 aromatic heterocycles.